The summed E-state index contributed by atoms with van der Waals surface area (Å²) >= 11 is 1.33. The summed E-state index contributed by atoms with van der Waals surface area (Å²) in [6.45, 7) is 6.06. The van der Waals surface area contributed by atoms with Crippen LogP contribution in [0.5, 0.6) is 0 Å². The maximum Gasteiger partial charge on any atom is 0.280 e. The molecule has 0 bridgehead atoms. The molecule has 1 saturated heterocycles. The fraction of sp³-hybridized carbons (Fsp3) is 0.517. The predicted octanol–water partition coefficient (Wildman–Crippen LogP) is 5.45. The lowest BCUT2D eigenvalue weighted by Crippen LogP contribution is -2.38. The highest BCUT2D eigenvalue weighted by Crippen LogP contribution is 2.45. The molecule has 1 unspecified atom stereocenters. The molecule has 3 aliphatic rings. The predicted molar refractivity (Wildman–Crippen MR) is 149 cm³/mol. The van der Waals surface area contributed by atoms with Crippen LogP contribution in [0.1, 0.15) is 71.8 Å². The molecule has 3 aromatic rings. The van der Waals surface area contributed by atoms with Gasteiger partial charge in [-0.05, 0) is 63.5 Å². The minimum atomic E-state index is -0.140. The first kappa shape index (κ1) is 25.4. The summed E-state index contributed by atoms with van der Waals surface area (Å²) in [5, 5.41) is 3.56. The number of aromatic nitrogens is 3. The van der Waals surface area contributed by atoms with Crippen molar-refractivity contribution >= 4 is 39.1 Å². The van der Waals surface area contributed by atoms with Gasteiger partial charge in [0.25, 0.3) is 5.91 Å². The molecule has 1 fully saturated rings. The first-order chi connectivity index (χ1) is 18.7. The Morgan fingerprint density at radius 3 is 2.92 bits per heavy atom. The van der Waals surface area contributed by atoms with E-state index in [9.17, 15) is 4.79 Å². The monoisotopic (exact) mass is 533 g/mol. The zero-order chi connectivity index (χ0) is 25.9. The molecule has 9 heteroatoms. The van der Waals surface area contributed by atoms with E-state index in [4.69, 9.17) is 19.4 Å². The number of ether oxygens (including phenoxy) is 2. The maximum absolute atomic E-state index is 13.0. The standard InChI is InChI=1S/C29H35N5O3S/c1-19-6-9-24-23(16-19)21(8-7-20-4-2-12-36-13-3-5-20)17-34(24)26-25-28(31-18-30-26)38-29(33-25)27(35)32-22-10-14-37-15-11-22/h4,6,9,16,18,21-22H,2-3,5,7-8,10-15,17H2,1H3,(H,32,35). The number of rotatable bonds is 6. The SMILES string of the molecule is Cc1ccc2c(c1)C(CCC1=CCCOCCC1)CN2c1ncnc2sc(C(=O)NC3CCOCC3)nc12. The van der Waals surface area contributed by atoms with Gasteiger partial charge in [-0.15, -0.1) is 0 Å². The smallest absolute Gasteiger partial charge is 0.280 e. The Balaban J connectivity index is 1.25. The van der Waals surface area contributed by atoms with Crippen molar-refractivity contribution in [3.05, 3.63) is 52.3 Å². The summed E-state index contributed by atoms with van der Waals surface area (Å²) in [5.74, 6) is 1.05. The Labute approximate surface area is 227 Å². The number of nitrogens with one attached hydrogen (secondary N) is 1. The summed E-state index contributed by atoms with van der Waals surface area (Å²) in [6.07, 6.45) is 11.1. The molecule has 1 N–H and O–H groups in total. The molecule has 0 aliphatic carbocycles. The largest absolute Gasteiger partial charge is 0.381 e. The van der Waals surface area contributed by atoms with Crippen molar-refractivity contribution in [2.45, 2.75) is 63.8 Å². The van der Waals surface area contributed by atoms with Gasteiger partial charge in [-0.25, -0.2) is 15.0 Å². The van der Waals surface area contributed by atoms with Gasteiger partial charge < -0.3 is 19.7 Å². The number of hydrogen-bond acceptors (Lipinski definition) is 8. The summed E-state index contributed by atoms with van der Waals surface area (Å²) in [7, 11) is 0. The molecule has 0 radical (unpaired) electrons. The van der Waals surface area contributed by atoms with Gasteiger partial charge in [0, 0.05) is 44.0 Å². The molecule has 1 amide bonds. The average Bonchev–Trinajstić information content (AvgIpc) is 3.50. The Morgan fingerprint density at radius 1 is 1.16 bits per heavy atom. The third kappa shape index (κ3) is 5.46. The van der Waals surface area contributed by atoms with Crippen LogP contribution in [-0.4, -0.2) is 59.9 Å². The molecule has 200 valence electrons. The van der Waals surface area contributed by atoms with E-state index in [1.54, 1.807) is 11.9 Å². The van der Waals surface area contributed by atoms with Gasteiger partial charge in [0.1, 0.15) is 16.7 Å². The number of carbonyl (C=O) groups is 1. The molecule has 2 aromatic heterocycles. The lowest BCUT2D eigenvalue weighted by Gasteiger charge is -2.22. The summed E-state index contributed by atoms with van der Waals surface area (Å²) in [4.78, 5) is 30.0. The molecule has 0 spiro atoms. The van der Waals surface area contributed by atoms with Crippen LogP contribution in [-0.2, 0) is 9.47 Å². The van der Waals surface area contributed by atoms with Crippen molar-refractivity contribution in [2.75, 3.05) is 37.9 Å². The minimum Gasteiger partial charge on any atom is -0.381 e. The van der Waals surface area contributed by atoms with Crippen molar-refractivity contribution in [3.8, 4) is 0 Å². The van der Waals surface area contributed by atoms with Gasteiger partial charge in [0.15, 0.2) is 10.8 Å². The number of amides is 1. The average molecular weight is 534 g/mol. The second-order valence-electron chi connectivity index (χ2n) is 10.5. The van der Waals surface area contributed by atoms with Gasteiger partial charge in [0.05, 0.1) is 6.61 Å². The van der Waals surface area contributed by atoms with E-state index >= 15 is 0 Å². The van der Waals surface area contributed by atoms with Crippen molar-refractivity contribution in [1.29, 1.82) is 0 Å². The van der Waals surface area contributed by atoms with Crippen molar-refractivity contribution in [1.82, 2.24) is 20.3 Å². The van der Waals surface area contributed by atoms with Gasteiger partial charge in [-0.2, -0.15) is 0 Å². The highest BCUT2D eigenvalue weighted by molar-refractivity contribution is 7.20. The van der Waals surface area contributed by atoms with Crippen LogP contribution in [0.15, 0.2) is 36.2 Å². The summed E-state index contributed by atoms with van der Waals surface area (Å²) in [6, 6.07) is 6.82. The van der Waals surface area contributed by atoms with E-state index in [1.807, 2.05) is 0 Å². The second-order valence-corrected chi connectivity index (χ2v) is 11.5. The van der Waals surface area contributed by atoms with Crippen LogP contribution in [0.3, 0.4) is 0 Å². The van der Waals surface area contributed by atoms with E-state index in [-0.39, 0.29) is 11.9 Å². The Bertz CT molecular complexity index is 1330. The van der Waals surface area contributed by atoms with E-state index in [0.717, 1.165) is 75.4 Å². The lowest BCUT2D eigenvalue weighted by molar-refractivity contribution is 0.0696. The summed E-state index contributed by atoms with van der Waals surface area (Å²) in [5.41, 5.74) is 6.09. The third-order valence-electron chi connectivity index (χ3n) is 7.79. The molecule has 8 nitrogen and oxygen atoms in total. The van der Waals surface area contributed by atoms with Crippen LogP contribution in [0.25, 0.3) is 10.3 Å². The van der Waals surface area contributed by atoms with E-state index < -0.39 is 0 Å². The maximum atomic E-state index is 13.0. The van der Waals surface area contributed by atoms with Crippen LogP contribution < -0.4 is 10.2 Å². The highest BCUT2D eigenvalue weighted by atomic mass is 32.1. The van der Waals surface area contributed by atoms with Gasteiger partial charge in [-0.1, -0.05) is 40.7 Å². The lowest BCUT2D eigenvalue weighted by atomic mass is 9.91. The molecular formula is C29H35N5O3S. The molecule has 5 heterocycles. The van der Waals surface area contributed by atoms with Crippen LogP contribution >= 0.6 is 11.3 Å². The quantitative estimate of drug-likeness (QED) is 0.422. The van der Waals surface area contributed by atoms with Gasteiger partial charge >= 0.3 is 0 Å². The number of allylic oxidation sites excluding steroid dienone is 1. The zero-order valence-electron chi connectivity index (χ0n) is 21.9. The molecule has 38 heavy (non-hydrogen) atoms. The van der Waals surface area contributed by atoms with Crippen molar-refractivity contribution in [2.24, 2.45) is 0 Å². The first-order valence-electron chi connectivity index (χ1n) is 13.8. The number of nitrogens with zero attached hydrogens (tertiary/aromatic N) is 4. The highest BCUT2D eigenvalue weighted by Gasteiger charge is 2.32. The number of aryl methyl sites for hydroxylation is 1. The van der Waals surface area contributed by atoms with Crippen molar-refractivity contribution < 1.29 is 14.3 Å². The normalized spacial score (nSPS) is 20.6. The van der Waals surface area contributed by atoms with Crippen LogP contribution in [0.4, 0.5) is 11.5 Å². The molecule has 1 aromatic carbocycles. The number of anilines is 2. The topological polar surface area (TPSA) is 89.5 Å². The number of carbonyl (C=O) groups excluding carboxylic acids is 1. The fourth-order valence-corrected chi connectivity index (χ4v) is 6.58. The molecule has 0 saturated carbocycles. The minimum absolute atomic E-state index is 0.128. The third-order valence-corrected chi connectivity index (χ3v) is 8.76. The van der Waals surface area contributed by atoms with Gasteiger partial charge in [-0.3, -0.25) is 4.79 Å². The van der Waals surface area contributed by atoms with Crippen LogP contribution in [0, 0.1) is 6.92 Å². The number of benzene rings is 1. The van der Waals surface area contributed by atoms with E-state index in [1.165, 1.54) is 28.2 Å². The Hall–Kier alpha value is -2.88. The fourth-order valence-electron chi connectivity index (χ4n) is 5.78. The Kier molecular flexibility index (Phi) is 7.67. The summed E-state index contributed by atoms with van der Waals surface area (Å²) < 4.78 is 11.0. The Morgan fingerprint density at radius 2 is 2.03 bits per heavy atom. The number of hydrogen-bond donors (Lipinski definition) is 1. The second kappa shape index (κ2) is 11.5. The number of thiazole rings is 1. The zero-order valence-corrected chi connectivity index (χ0v) is 22.8. The van der Waals surface area contributed by atoms with Crippen LogP contribution in [0.2, 0.25) is 0 Å². The molecule has 3 aliphatic heterocycles. The van der Waals surface area contributed by atoms with Crippen molar-refractivity contribution in [3.63, 3.8) is 0 Å². The van der Waals surface area contributed by atoms with E-state index in [0.29, 0.717) is 29.7 Å². The molecule has 1 atom stereocenters. The van der Waals surface area contributed by atoms with E-state index in [2.05, 4.69) is 46.4 Å². The molecular weight excluding hydrogens is 498 g/mol. The van der Waals surface area contributed by atoms with Gasteiger partial charge in [0.2, 0.25) is 0 Å². The molecule has 6 rings (SSSR count). The number of fused-ring (bicyclic) bond motifs is 2. The first-order valence-corrected chi connectivity index (χ1v) is 14.6.